The number of rotatable bonds is 6. The molecule has 1 N–H and O–H groups in total. The molecule has 4 nitrogen and oxygen atoms in total. The summed E-state index contributed by atoms with van der Waals surface area (Å²) in [6.45, 7) is 1.56. The van der Waals surface area contributed by atoms with E-state index in [-0.39, 0.29) is 0 Å². The third kappa shape index (κ3) is 3.96. The number of nitrogens with one attached hydrogen (secondary N) is 1. The molecular weight excluding hydrogens is 242 g/mol. The van der Waals surface area contributed by atoms with Crippen molar-refractivity contribution in [3.8, 4) is 0 Å². The summed E-state index contributed by atoms with van der Waals surface area (Å²) >= 11 is 0. The summed E-state index contributed by atoms with van der Waals surface area (Å²) in [7, 11) is 1.36. The van der Waals surface area contributed by atoms with Gasteiger partial charge in [-0.3, -0.25) is 0 Å². The molecule has 104 valence electrons. The fourth-order valence-electron chi connectivity index (χ4n) is 2.35. The van der Waals surface area contributed by atoms with Crippen LogP contribution in [0.4, 0.5) is 0 Å². The van der Waals surface area contributed by atoms with Crippen LogP contribution >= 0.6 is 0 Å². The predicted molar refractivity (Wildman–Crippen MR) is 72.9 cm³/mol. The number of methoxy groups -OCH3 is 1. The van der Waals surface area contributed by atoms with E-state index >= 15 is 0 Å². The molecule has 0 saturated heterocycles. The lowest BCUT2D eigenvalue weighted by atomic mass is 9.97. The van der Waals surface area contributed by atoms with Crippen molar-refractivity contribution in [2.24, 2.45) is 0 Å². The Morgan fingerprint density at radius 3 is 3.11 bits per heavy atom. The van der Waals surface area contributed by atoms with Crippen molar-refractivity contribution in [1.82, 2.24) is 5.32 Å². The quantitative estimate of drug-likeness (QED) is 0.487. The maximum atomic E-state index is 11.4. The van der Waals surface area contributed by atoms with Gasteiger partial charge in [0.05, 0.1) is 13.4 Å². The first-order valence-corrected chi connectivity index (χ1v) is 6.84. The third-order valence-electron chi connectivity index (χ3n) is 3.44. The summed E-state index contributed by atoms with van der Waals surface area (Å²) in [6, 6.07) is 1.80. The van der Waals surface area contributed by atoms with Crippen molar-refractivity contribution >= 4 is 5.97 Å². The normalized spacial score (nSPS) is 15.1. The predicted octanol–water partition coefficient (Wildman–Crippen LogP) is 3.05. The first-order valence-electron chi connectivity index (χ1n) is 6.84. The van der Waals surface area contributed by atoms with E-state index in [9.17, 15) is 4.79 Å². The number of carbonyl (C=O) groups is 1. The number of furan rings is 1. The van der Waals surface area contributed by atoms with Crippen molar-refractivity contribution in [2.45, 2.75) is 38.6 Å². The molecule has 1 aliphatic rings. The van der Waals surface area contributed by atoms with E-state index in [1.165, 1.54) is 39.1 Å². The average molecular weight is 263 g/mol. The molecule has 0 atom stereocenters. The molecule has 1 aromatic rings. The van der Waals surface area contributed by atoms with Gasteiger partial charge in [0.2, 0.25) is 5.76 Å². The van der Waals surface area contributed by atoms with Crippen LogP contribution in [0.5, 0.6) is 0 Å². The highest BCUT2D eigenvalue weighted by atomic mass is 16.5. The second kappa shape index (κ2) is 7.14. The number of carbonyl (C=O) groups excluding carboxylic acids is 1. The number of hydrogen-bond donors (Lipinski definition) is 1. The molecule has 2 rings (SSSR count). The van der Waals surface area contributed by atoms with Gasteiger partial charge in [0.15, 0.2) is 0 Å². The smallest absolute Gasteiger partial charge is 0.374 e. The van der Waals surface area contributed by atoms with Gasteiger partial charge in [0, 0.05) is 12.1 Å². The Hall–Kier alpha value is -1.55. The molecule has 0 unspecified atom stereocenters. The van der Waals surface area contributed by atoms with Crippen LogP contribution in [0.3, 0.4) is 0 Å². The molecule has 19 heavy (non-hydrogen) atoms. The molecule has 4 heteroatoms. The maximum absolute atomic E-state index is 11.4. The molecule has 0 aliphatic heterocycles. The standard InChI is InChI=1S/C15H21NO3/c1-18-15(17)14-13(8-10-19-14)11-16-9-7-12-5-3-2-4-6-12/h5,8,10,16H,2-4,6-7,9,11H2,1H3. The monoisotopic (exact) mass is 263 g/mol. The van der Waals surface area contributed by atoms with Gasteiger partial charge < -0.3 is 14.5 Å². The second-order valence-electron chi connectivity index (χ2n) is 4.80. The summed E-state index contributed by atoms with van der Waals surface area (Å²) in [6.07, 6.45) is 10.1. The molecule has 0 saturated carbocycles. The number of ether oxygens (including phenoxy) is 1. The lowest BCUT2D eigenvalue weighted by molar-refractivity contribution is 0.0563. The highest BCUT2D eigenvalue weighted by Gasteiger charge is 2.15. The zero-order valence-electron chi connectivity index (χ0n) is 11.4. The summed E-state index contributed by atoms with van der Waals surface area (Å²) in [5, 5.41) is 3.35. The molecule has 0 bridgehead atoms. The van der Waals surface area contributed by atoms with Gasteiger partial charge in [-0.15, -0.1) is 0 Å². The Kier molecular flexibility index (Phi) is 5.21. The zero-order valence-corrected chi connectivity index (χ0v) is 11.4. The highest BCUT2D eigenvalue weighted by Crippen LogP contribution is 2.19. The minimum absolute atomic E-state index is 0.298. The van der Waals surface area contributed by atoms with E-state index in [1.54, 1.807) is 11.6 Å². The summed E-state index contributed by atoms with van der Waals surface area (Å²) in [5.74, 6) is -0.122. The molecule has 0 fully saturated rings. The maximum Gasteiger partial charge on any atom is 0.374 e. The van der Waals surface area contributed by atoms with Crippen molar-refractivity contribution in [1.29, 1.82) is 0 Å². The van der Waals surface area contributed by atoms with Gasteiger partial charge in [-0.05, 0) is 44.7 Å². The number of esters is 1. The SMILES string of the molecule is COC(=O)c1occc1CNCCC1=CCCCC1. The van der Waals surface area contributed by atoms with Crippen LogP contribution in [0.25, 0.3) is 0 Å². The topological polar surface area (TPSA) is 51.5 Å². The van der Waals surface area contributed by atoms with Crippen LogP contribution in [0, 0.1) is 0 Å². The van der Waals surface area contributed by atoms with E-state index in [4.69, 9.17) is 4.42 Å². The van der Waals surface area contributed by atoms with Crippen molar-refractivity contribution in [3.05, 3.63) is 35.3 Å². The van der Waals surface area contributed by atoms with Gasteiger partial charge in [-0.1, -0.05) is 11.6 Å². The van der Waals surface area contributed by atoms with Crippen LogP contribution < -0.4 is 5.32 Å². The Balaban J connectivity index is 1.75. The van der Waals surface area contributed by atoms with Crippen LogP contribution in [-0.4, -0.2) is 19.6 Å². The van der Waals surface area contributed by atoms with E-state index in [0.717, 1.165) is 18.5 Å². The zero-order chi connectivity index (χ0) is 13.5. The van der Waals surface area contributed by atoms with Crippen molar-refractivity contribution in [3.63, 3.8) is 0 Å². The fourth-order valence-corrected chi connectivity index (χ4v) is 2.35. The van der Waals surface area contributed by atoms with Crippen molar-refractivity contribution in [2.75, 3.05) is 13.7 Å². The Bertz CT molecular complexity index is 448. The van der Waals surface area contributed by atoms with Crippen LogP contribution in [0.15, 0.2) is 28.4 Å². The molecular formula is C15H21NO3. The van der Waals surface area contributed by atoms with E-state index in [1.807, 2.05) is 0 Å². The lowest BCUT2D eigenvalue weighted by Gasteiger charge is -2.12. The van der Waals surface area contributed by atoms with Gasteiger partial charge in [0.25, 0.3) is 0 Å². The molecule has 1 aliphatic carbocycles. The number of hydrogen-bond acceptors (Lipinski definition) is 4. The highest BCUT2D eigenvalue weighted by molar-refractivity contribution is 5.87. The Morgan fingerprint density at radius 2 is 2.37 bits per heavy atom. The molecule has 1 heterocycles. The minimum Gasteiger partial charge on any atom is -0.463 e. The molecule has 0 aromatic carbocycles. The number of allylic oxidation sites excluding steroid dienone is 1. The van der Waals surface area contributed by atoms with Crippen LogP contribution in [-0.2, 0) is 11.3 Å². The lowest BCUT2D eigenvalue weighted by Crippen LogP contribution is -2.17. The Labute approximate surface area is 113 Å². The van der Waals surface area contributed by atoms with E-state index < -0.39 is 5.97 Å². The van der Waals surface area contributed by atoms with Gasteiger partial charge in [0.1, 0.15) is 0 Å². The van der Waals surface area contributed by atoms with Gasteiger partial charge in [-0.25, -0.2) is 4.79 Å². The van der Waals surface area contributed by atoms with Crippen LogP contribution in [0.1, 0.15) is 48.2 Å². The molecule has 0 amide bonds. The molecule has 1 aromatic heterocycles. The Morgan fingerprint density at radius 1 is 1.47 bits per heavy atom. The first kappa shape index (κ1) is 13.9. The first-order chi connectivity index (χ1) is 9.31. The minimum atomic E-state index is -0.420. The fraction of sp³-hybridized carbons (Fsp3) is 0.533. The van der Waals surface area contributed by atoms with Gasteiger partial charge >= 0.3 is 5.97 Å². The summed E-state index contributed by atoms with van der Waals surface area (Å²) in [4.78, 5) is 11.4. The van der Waals surface area contributed by atoms with E-state index in [0.29, 0.717) is 12.3 Å². The van der Waals surface area contributed by atoms with Crippen molar-refractivity contribution < 1.29 is 13.9 Å². The summed E-state index contributed by atoms with van der Waals surface area (Å²) in [5.41, 5.74) is 2.41. The van der Waals surface area contributed by atoms with E-state index in [2.05, 4.69) is 16.1 Å². The molecule has 0 radical (unpaired) electrons. The second-order valence-corrected chi connectivity index (χ2v) is 4.80. The average Bonchev–Trinajstić information content (AvgIpc) is 2.92. The molecule has 0 spiro atoms. The van der Waals surface area contributed by atoms with Crippen LogP contribution in [0.2, 0.25) is 0 Å². The third-order valence-corrected chi connectivity index (χ3v) is 3.44. The summed E-state index contributed by atoms with van der Waals surface area (Å²) < 4.78 is 9.81. The largest absolute Gasteiger partial charge is 0.463 e. The van der Waals surface area contributed by atoms with Gasteiger partial charge in [-0.2, -0.15) is 0 Å².